The van der Waals surface area contributed by atoms with Crippen LogP contribution in [0.15, 0.2) is 69.8 Å². The van der Waals surface area contributed by atoms with Gasteiger partial charge < -0.3 is 23.7 Å². The van der Waals surface area contributed by atoms with E-state index in [0.717, 1.165) is 10.0 Å². The van der Waals surface area contributed by atoms with Gasteiger partial charge in [0.15, 0.2) is 11.5 Å². The lowest BCUT2D eigenvalue weighted by Gasteiger charge is -2.30. The summed E-state index contributed by atoms with van der Waals surface area (Å²) < 4.78 is 17.1. The molecule has 0 saturated carbocycles. The van der Waals surface area contributed by atoms with E-state index in [1.54, 1.807) is 48.5 Å². The maximum atomic E-state index is 13.5. The van der Waals surface area contributed by atoms with Crippen LogP contribution in [0.5, 0.6) is 11.5 Å². The summed E-state index contributed by atoms with van der Waals surface area (Å²) >= 11 is 3.39. The Kier molecular flexibility index (Phi) is 9.37. The molecule has 186 valence electrons. The second kappa shape index (κ2) is 12.4. The highest BCUT2D eigenvalue weighted by Gasteiger charge is 2.25. The highest BCUT2D eigenvalue weighted by Crippen LogP contribution is 2.28. The Bertz CT molecular complexity index is 1110. The summed E-state index contributed by atoms with van der Waals surface area (Å²) in [6.45, 7) is 4.55. The van der Waals surface area contributed by atoms with Crippen LogP contribution in [-0.4, -0.2) is 55.0 Å². The zero-order valence-electron chi connectivity index (χ0n) is 20.5. The Morgan fingerprint density at radius 1 is 1.00 bits per heavy atom. The summed E-state index contributed by atoms with van der Waals surface area (Å²) in [6.07, 6.45) is 2.19. The maximum Gasteiger partial charge on any atom is 0.254 e. The average molecular weight is 543 g/mol. The molecule has 3 rings (SSSR count). The molecule has 0 unspecified atom stereocenters. The van der Waals surface area contributed by atoms with E-state index < -0.39 is 0 Å². The molecule has 0 N–H and O–H groups in total. The Balaban J connectivity index is 1.76. The predicted molar refractivity (Wildman–Crippen MR) is 138 cm³/mol. The van der Waals surface area contributed by atoms with Crippen molar-refractivity contribution in [1.82, 2.24) is 9.80 Å². The van der Waals surface area contributed by atoms with E-state index in [2.05, 4.69) is 15.9 Å². The molecule has 0 aliphatic carbocycles. The zero-order chi connectivity index (χ0) is 25.4. The molecule has 35 heavy (non-hydrogen) atoms. The largest absolute Gasteiger partial charge is 0.493 e. The van der Waals surface area contributed by atoms with Gasteiger partial charge in [-0.15, -0.1) is 0 Å². The first kappa shape index (κ1) is 26.3. The Morgan fingerprint density at radius 3 is 2.31 bits per heavy atom. The van der Waals surface area contributed by atoms with Crippen molar-refractivity contribution in [1.29, 1.82) is 0 Å². The number of methoxy groups -OCH3 is 2. The Hall–Kier alpha value is -3.26. The van der Waals surface area contributed by atoms with Gasteiger partial charge in [-0.2, -0.15) is 0 Å². The van der Waals surface area contributed by atoms with E-state index in [1.807, 2.05) is 50.2 Å². The van der Waals surface area contributed by atoms with Crippen molar-refractivity contribution >= 4 is 27.7 Å². The average Bonchev–Trinajstić information content (AvgIpc) is 3.37. The van der Waals surface area contributed by atoms with E-state index in [-0.39, 0.29) is 24.4 Å². The molecule has 0 radical (unpaired) electrons. The highest BCUT2D eigenvalue weighted by atomic mass is 79.9. The summed E-state index contributed by atoms with van der Waals surface area (Å²) in [5.41, 5.74) is 1.55. The molecule has 0 bridgehead atoms. The molecule has 3 aromatic rings. The first-order chi connectivity index (χ1) is 16.8. The molecule has 0 spiro atoms. The lowest BCUT2D eigenvalue weighted by molar-refractivity contribution is -0.133. The van der Waals surface area contributed by atoms with Crippen LogP contribution in [-0.2, 0) is 17.8 Å². The number of halogens is 1. The minimum absolute atomic E-state index is 0.0286. The van der Waals surface area contributed by atoms with E-state index in [0.29, 0.717) is 42.3 Å². The quantitative estimate of drug-likeness (QED) is 0.333. The number of carbonyl (C=O) groups is 2. The number of carbonyl (C=O) groups excluding carboxylic acids is 2. The van der Waals surface area contributed by atoms with Crippen LogP contribution in [0.25, 0.3) is 0 Å². The minimum Gasteiger partial charge on any atom is -0.493 e. The second-order valence-electron chi connectivity index (χ2n) is 8.37. The molecule has 7 nitrogen and oxygen atoms in total. The third-order valence-electron chi connectivity index (χ3n) is 5.68. The van der Waals surface area contributed by atoms with Gasteiger partial charge >= 0.3 is 0 Å². The lowest BCUT2D eigenvalue weighted by Crippen LogP contribution is -2.46. The summed E-state index contributed by atoms with van der Waals surface area (Å²) in [5.74, 6) is 1.64. The van der Waals surface area contributed by atoms with Crippen molar-refractivity contribution in [2.45, 2.75) is 32.9 Å². The summed E-state index contributed by atoms with van der Waals surface area (Å²) in [6, 6.07) is 16.3. The number of nitrogens with zero attached hydrogens (tertiary/aromatic N) is 2. The lowest BCUT2D eigenvalue weighted by atomic mass is 10.1. The third kappa shape index (κ3) is 7.11. The van der Waals surface area contributed by atoms with Gasteiger partial charge in [-0.05, 0) is 74.4 Å². The summed E-state index contributed by atoms with van der Waals surface area (Å²) in [7, 11) is 3.19. The second-order valence-corrected chi connectivity index (χ2v) is 9.28. The minimum atomic E-state index is -0.182. The number of hydrogen-bond donors (Lipinski definition) is 0. The molecule has 1 heterocycles. The van der Waals surface area contributed by atoms with Crippen LogP contribution in [0.2, 0.25) is 0 Å². The number of amides is 2. The van der Waals surface area contributed by atoms with Crippen molar-refractivity contribution in [3.05, 3.63) is 82.2 Å². The van der Waals surface area contributed by atoms with Gasteiger partial charge in [0.2, 0.25) is 5.91 Å². The van der Waals surface area contributed by atoms with Crippen LogP contribution in [0, 0.1) is 0 Å². The molecule has 0 atom stereocenters. The monoisotopic (exact) mass is 542 g/mol. The number of benzene rings is 2. The van der Waals surface area contributed by atoms with Crippen LogP contribution < -0.4 is 9.47 Å². The van der Waals surface area contributed by atoms with Crippen molar-refractivity contribution in [3.8, 4) is 11.5 Å². The molecule has 0 aliphatic rings. The van der Waals surface area contributed by atoms with Gasteiger partial charge in [0, 0.05) is 22.6 Å². The van der Waals surface area contributed by atoms with Gasteiger partial charge in [0.25, 0.3) is 5.91 Å². The van der Waals surface area contributed by atoms with Crippen LogP contribution in [0.1, 0.15) is 35.5 Å². The number of hydrogen-bond acceptors (Lipinski definition) is 5. The normalized spacial score (nSPS) is 10.8. The Labute approximate surface area is 214 Å². The molecule has 1 aromatic heterocycles. The zero-order valence-corrected chi connectivity index (χ0v) is 22.1. The fourth-order valence-corrected chi connectivity index (χ4v) is 3.94. The SMILES string of the molecule is COc1ccc(CCN(Cc2ccco2)C(=O)CN(C(=O)c2ccc(Br)cc2)C(C)C)cc1OC. The number of furan rings is 1. The van der Waals surface area contributed by atoms with Gasteiger partial charge in [-0.1, -0.05) is 22.0 Å². The smallest absolute Gasteiger partial charge is 0.254 e. The summed E-state index contributed by atoms with van der Waals surface area (Å²) in [4.78, 5) is 30.0. The van der Waals surface area contributed by atoms with Gasteiger partial charge in [0.05, 0.1) is 27.0 Å². The van der Waals surface area contributed by atoms with Crippen LogP contribution >= 0.6 is 15.9 Å². The fraction of sp³-hybridized carbons (Fsp3) is 0.333. The van der Waals surface area contributed by atoms with Gasteiger partial charge in [0.1, 0.15) is 12.3 Å². The topological polar surface area (TPSA) is 72.2 Å². The molecular weight excluding hydrogens is 512 g/mol. The standard InChI is InChI=1S/C27H31BrN2O5/c1-19(2)30(27(32)21-8-10-22(28)11-9-21)18-26(31)29(17-23-6-5-15-35-23)14-13-20-7-12-24(33-3)25(16-20)34-4/h5-12,15-16,19H,13-14,17-18H2,1-4H3. The fourth-order valence-electron chi connectivity index (χ4n) is 3.68. The highest BCUT2D eigenvalue weighted by molar-refractivity contribution is 9.10. The van der Waals surface area contributed by atoms with E-state index in [1.165, 1.54) is 0 Å². The molecule has 2 aromatic carbocycles. The van der Waals surface area contributed by atoms with Crippen molar-refractivity contribution in [2.75, 3.05) is 27.3 Å². The predicted octanol–water partition coefficient (Wildman–Crippen LogP) is 5.18. The molecule has 2 amide bonds. The van der Waals surface area contributed by atoms with Crippen LogP contribution in [0.3, 0.4) is 0 Å². The van der Waals surface area contributed by atoms with Crippen molar-refractivity contribution in [3.63, 3.8) is 0 Å². The molecule has 0 aliphatic heterocycles. The molecule has 0 fully saturated rings. The van der Waals surface area contributed by atoms with E-state index in [9.17, 15) is 9.59 Å². The Morgan fingerprint density at radius 2 is 1.71 bits per heavy atom. The molecule has 8 heteroatoms. The molecular formula is C27H31BrN2O5. The maximum absolute atomic E-state index is 13.5. The van der Waals surface area contributed by atoms with E-state index in [4.69, 9.17) is 13.9 Å². The summed E-state index contributed by atoms with van der Waals surface area (Å²) in [5, 5.41) is 0. The van der Waals surface area contributed by atoms with Gasteiger partial charge in [-0.3, -0.25) is 9.59 Å². The first-order valence-corrected chi connectivity index (χ1v) is 12.2. The number of ether oxygens (including phenoxy) is 2. The first-order valence-electron chi connectivity index (χ1n) is 11.4. The van der Waals surface area contributed by atoms with Gasteiger partial charge in [-0.25, -0.2) is 0 Å². The van der Waals surface area contributed by atoms with E-state index >= 15 is 0 Å². The van der Waals surface area contributed by atoms with Crippen LogP contribution in [0.4, 0.5) is 0 Å². The third-order valence-corrected chi connectivity index (χ3v) is 6.21. The van der Waals surface area contributed by atoms with Crippen molar-refractivity contribution < 1.29 is 23.5 Å². The molecule has 0 saturated heterocycles. The number of rotatable bonds is 11. The van der Waals surface area contributed by atoms with Crippen molar-refractivity contribution in [2.24, 2.45) is 0 Å².